The van der Waals surface area contributed by atoms with Crippen molar-refractivity contribution in [3.05, 3.63) is 73.9 Å². The number of anilines is 1. The molecule has 0 saturated heterocycles. The molecule has 9 heteroatoms. The fourth-order valence-electron chi connectivity index (χ4n) is 4.54. The quantitative estimate of drug-likeness (QED) is 0.335. The first-order valence-electron chi connectivity index (χ1n) is 12.2. The predicted octanol–water partition coefficient (Wildman–Crippen LogP) is 6.24. The number of nitrogens with one attached hydrogen (secondary N) is 1. The third kappa shape index (κ3) is 6.34. The Labute approximate surface area is 208 Å². The van der Waals surface area contributed by atoms with Crippen molar-refractivity contribution in [1.82, 2.24) is 9.78 Å². The van der Waals surface area contributed by atoms with Crippen molar-refractivity contribution < 1.29 is 9.72 Å². The van der Waals surface area contributed by atoms with Gasteiger partial charge in [0.2, 0.25) is 0 Å². The predicted molar refractivity (Wildman–Crippen MR) is 136 cm³/mol. The first-order valence-corrected chi connectivity index (χ1v) is 13.0. The Kier molecular flexibility index (Phi) is 8.27. The maximum atomic E-state index is 13.1. The number of nitrogens with zero attached hydrogens (tertiary/aromatic N) is 4. The van der Waals surface area contributed by atoms with Crippen molar-refractivity contribution in [2.75, 3.05) is 5.32 Å². The Morgan fingerprint density at radius 3 is 2.54 bits per heavy atom. The molecule has 182 valence electrons. The number of fused-ring (bicyclic) bond motifs is 1. The van der Waals surface area contributed by atoms with Gasteiger partial charge < -0.3 is 5.32 Å². The van der Waals surface area contributed by atoms with E-state index in [4.69, 9.17) is 0 Å². The second kappa shape index (κ2) is 11.8. The normalized spacial score (nSPS) is 14.7. The second-order valence-corrected chi connectivity index (χ2v) is 10.1. The molecule has 1 amide bonds. The zero-order chi connectivity index (χ0) is 24.6. The molecular weight excluding hydrogens is 462 g/mol. The van der Waals surface area contributed by atoms with Gasteiger partial charge in [0.1, 0.15) is 23.5 Å². The summed E-state index contributed by atoms with van der Waals surface area (Å²) in [5, 5.41) is 28.5. The molecule has 0 unspecified atom stereocenters. The Balaban J connectivity index is 1.51. The van der Waals surface area contributed by atoms with Crippen LogP contribution in [0.25, 0.3) is 0 Å². The molecule has 0 radical (unpaired) electrons. The van der Waals surface area contributed by atoms with E-state index in [9.17, 15) is 20.2 Å². The Morgan fingerprint density at radius 2 is 1.86 bits per heavy atom. The van der Waals surface area contributed by atoms with Crippen LogP contribution >= 0.6 is 11.3 Å². The number of aryl methyl sites for hydroxylation is 1. The standard InChI is InChI=1S/C26H29N5O3S/c27-15-23-22-12-7-5-3-1-2-4-6-8-13-24(22)35-26(23)29-25(32)20-11-9-10-19(14-20)17-30-18-21(16-28-30)31(33)34/h9-11,14,16,18H,1-8,12-13,17H2,(H,29,32). The molecule has 4 rings (SSSR count). The van der Waals surface area contributed by atoms with E-state index >= 15 is 0 Å². The topological polar surface area (TPSA) is 114 Å². The third-order valence-corrected chi connectivity index (χ3v) is 7.58. The van der Waals surface area contributed by atoms with Crippen LogP contribution in [0.15, 0.2) is 36.7 Å². The van der Waals surface area contributed by atoms with E-state index in [2.05, 4.69) is 16.5 Å². The number of rotatable bonds is 5. The van der Waals surface area contributed by atoms with E-state index in [1.165, 1.54) is 60.5 Å². The Bertz CT molecular complexity index is 1240. The number of benzene rings is 1. The van der Waals surface area contributed by atoms with E-state index < -0.39 is 4.92 Å². The van der Waals surface area contributed by atoms with Crippen molar-refractivity contribution in [1.29, 1.82) is 5.26 Å². The average Bonchev–Trinajstić information content (AvgIpc) is 3.43. The summed E-state index contributed by atoms with van der Waals surface area (Å²) in [4.78, 5) is 24.7. The summed E-state index contributed by atoms with van der Waals surface area (Å²) in [6.07, 6.45) is 14.1. The number of hydrogen-bond donors (Lipinski definition) is 1. The zero-order valence-electron chi connectivity index (χ0n) is 19.7. The minimum Gasteiger partial charge on any atom is -0.312 e. The molecule has 0 atom stereocenters. The number of nitro groups is 1. The van der Waals surface area contributed by atoms with Crippen LogP contribution in [0.5, 0.6) is 0 Å². The number of nitriles is 1. The van der Waals surface area contributed by atoms with Crippen molar-refractivity contribution in [3.63, 3.8) is 0 Å². The SMILES string of the molecule is N#Cc1c(NC(=O)c2cccc(Cn3cc([N+](=O)[O-])cn3)c2)sc2c1CCCCCCCCCC2. The summed E-state index contributed by atoms with van der Waals surface area (Å²) in [7, 11) is 0. The molecule has 3 aromatic rings. The second-order valence-electron chi connectivity index (χ2n) is 8.96. The molecule has 0 saturated carbocycles. The largest absolute Gasteiger partial charge is 0.312 e. The van der Waals surface area contributed by atoms with E-state index in [0.717, 1.165) is 36.8 Å². The number of amides is 1. The summed E-state index contributed by atoms with van der Waals surface area (Å²) in [6, 6.07) is 9.45. The molecule has 1 aliphatic carbocycles. The lowest BCUT2D eigenvalue weighted by Crippen LogP contribution is -2.12. The van der Waals surface area contributed by atoms with E-state index in [0.29, 0.717) is 22.7 Å². The number of hydrogen-bond acceptors (Lipinski definition) is 6. The number of thiophene rings is 1. The minimum atomic E-state index is -0.489. The van der Waals surface area contributed by atoms with Gasteiger partial charge in [-0.15, -0.1) is 11.3 Å². The first-order chi connectivity index (χ1) is 17.0. The van der Waals surface area contributed by atoms with Gasteiger partial charge in [-0.2, -0.15) is 10.4 Å². The highest BCUT2D eigenvalue weighted by Crippen LogP contribution is 2.36. The van der Waals surface area contributed by atoms with Gasteiger partial charge in [-0.1, -0.05) is 50.7 Å². The van der Waals surface area contributed by atoms with Crippen molar-refractivity contribution in [3.8, 4) is 6.07 Å². The molecule has 1 aromatic carbocycles. The number of carbonyl (C=O) groups excluding carboxylic acids is 1. The fraction of sp³-hybridized carbons (Fsp3) is 0.423. The zero-order valence-corrected chi connectivity index (χ0v) is 20.5. The average molecular weight is 492 g/mol. The highest BCUT2D eigenvalue weighted by molar-refractivity contribution is 7.16. The molecule has 0 bridgehead atoms. The Morgan fingerprint density at radius 1 is 1.14 bits per heavy atom. The lowest BCUT2D eigenvalue weighted by molar-refractivity contribution is -0.385. The molecule has 0 aliphatic heterocycles. The van der Waals surface area contributed by atoms with Gasteiger partial charge in [0.25, 0.3) is 5.91 Å². The maximum Gasteiger partial charge on any atom is 0.307 e. The van der Waals surface area contributed by atoms with Gasteiger partial charge in [-0.25, -0.2) is 0 Å². The van der Waals surface area contributed by atoms with Gasteiger partial charge in [0, 0.05) is 10.4 Å². The molecule has 0 spiro atoms. The van der Waals surface area contributed by atoms with Gasteiger partial charge >= 0.3 is 5.69 Å². The maximum absolute atomic E-state index is 13.1. The summed E-state index contributed by atoms with van der Waals surface area (Å²) < 4.78 is 1.47. The molecule has 35 heavy (non-hydrogen) atoms. The van der Waals surface area contributed by atoms with Gasteiger partial charge in [0.05, 0.1) is 17.0 Å². The van der Waals surface area contributed by atoms with Crippen LogP contribution in [-0.2, 0) is 19.4 Å². The van der Waals surface area contributed by atoms with Crippen LogP contribution in [0.2, 0.25) is 0 Å². The highest BCUT2D eigenvalue weighted by Gasteiger charge is 2.20. The summed E-state index contributed by atoms with van der Waals surface area (Å²) in [5.41, 5.74) is 2.91. The summed E-state index contributed by atoms with van der Waals surface area (Å²) in [5.74, 6) is -0.271. The van der Waals surface area contributed by atoms with E-state index in [-0.39, 0.29) is 11.6 Å². The molecular formula is C26H29N5O3S. The molecule has 0 fully saturated rings. The van der Waals surface area contributed by atoms with Crippen LogP contribution in [0.4, 0.5) is 10.7 Å². The van der Waals surface area contributed by atoms with Crippen LogP contribution in [0.1, 0.15) is 83.3 Å². The monoisotopic (exact) mass is 491 g/mol. The van der Waals surface area contributed by atoms with Crippen molar-refractivity contribution in [2.45, 2.75) is 70.8 Å². The lowest BCUT2D eigenvalue weighted by Gasteiger charge is -2.08. The van der Waals surface area contributed by atoms with E-state index in [1.54, 1.807) is 29.5 Å². The van der Waals surface area contributed by atoms with Gasteiger partial charge in [-0.3, -0.25) is 19.6 Å². The smallest absolute Gasteiger partial charge is 0.307 e. The molecule has 2 aromatic heterocycles. The fourth-order valence-corrected chi connectivity index (χ4v) is 5.77. The van der Waals surface area contributed by atoms with Crippen LogP contribution in [0, 0.1) is 21.4 Å². The Hall–Kier alpha value is -3.51. The van der Waals surface area contributed by atoms with Crippen molar-refractivity contribution >= 4 is 27.9 Å². The highest BCUT2D eigenvalue weighted by atomic mass is 32.1. The number of carbonyl (C=O) groups is 1. The minimum absolute atomic E-state index is 0.0751. The molecule has 8 nitrogen and oxygen atoms in total. The van der Waals surface area contributed by atoms with Crippen LogP contribution in [0.3, 0.4) is 0 Å². The van der Waals surface area contributed by atoms with Gasteiger partial charge in [-0.05, 0) is 48.9 Å². The summed E-state index contributed by atoms with van der Waals surface area (Å²) >= 11 is 1.54. The van der Waals surface area contributed by atoms with Crippen LogP contribution < -0.4 is 5.32 Å². The first kappa shape index (κ1) is 24.6. The van der Waals surface area contributed by atoms with Crippen molar-refractivity contribution in [2.24, 2.45) is 0 Å². The summed E-state index contributed by atoms with van der Waals surface area (Å²) in [6.45, 7) is 0.311. The third-order valence-electron chi connectivity index (χ3n) is 6.37. The molecule has 1 N–H and O–H groups in total. The molecule has 1 aliphatic rings. The lowest BCUT2D eigenvalue weighted by atomic mass is 9.98. The van der Waals surface area contributed by atoms with Gasteiger partial charge in [0.15, 0.2) is 0 Å². The molecule has 2 heterocycles. The van der Waals surface area contributed by atoms with E-state index in [1.807, 2.05) is 6.07 Å². The van der Waals surface area contributed by atoms with Crippen LogP contribution in [-0.4, -0.2) is 20.6 Å². The number of aromatic nitrogens is 2.